The number of ketones is 1. The molecule has 0 aliphatic heterocycles. The first-order chi connectivity index (χ1) is 16.0. The van der Waals surface area contributed by atoms with Crippen molar-refractivity contribution in [2.24, 2.45) is 5.92 Å². The molecular weight excluding hydrogens is 440 g/mol. The number of aliphatic carboxylic acids is 1. The van der Waals surface area contributed by atoms with E-state index in [9.17, 15) is 14.4 Å². The number of Topliss-reactive ketones (excluding diaryl/α,β-unsaturated/α-hetero) is 1. The molecule has 1 aliphatic carbocycles. The summed E-state index contributed by atoms with van der Waals surface area (Å²) in [5.74, 6) is -0.437. The highest BCUT2D eigenvalue weighted by Crippen LogP contribution is 2.28. The third kappa shape index (κ3) is 5.96. The number of amides is 1. The van der Waals surface area contributed by atoms with Gasteiger partial charge in [-0.2, -0.15) is 0 Å². The van der Waals surface area contributed by atoms with E-state index in [2.05, 4.69) is 10.3 Å². The Balaban J connectivity index is 1.19. The van der Waals surface area contributed by atoms with E-state index < -0.39 is 5.97 Å². The van der Waals surface area contributed by atoms with Gasteiger partial charge in [0.1, 0.15) is 10.6 Å². The molecular formula is C25H26N2O5S. The monoisotopic (exact) mass is 466 g/mol. The molecule has 1 saturated carbocycles. The first-order valence-corrected chi connectivity index (χ1v) is 12.0. The van der Waals surface area contributed by atoms with Crippen LogP contribution in [-0.4, -0.2) is 40.4 Å². The Labute approximate surface area is 195 Å². The Morgan fingerprint density at radius 3 is 2.55 bits per heavy atom. The highest BCUT2D eigenvalue weighted by atomic mass is 32.1. The Hall–Kier alpha value is -3.26. The number of fused-ring (bicyclic) bond motifs is 1. The zero-order valence-electron chi connectivity index (χ0n) is 18.2. The van der Waals surface area contributed by atoms with E-state index in [4.69, 9.17) is 9.84 Å². The molecule has 4 rings (SSSR count). The van der Waals surface area contributed by atoms with Gasteiger partial charge in [0.2, 0.25) is 0 Å². The number of hydrogen-bond acceptors (Lipinski definition) is 6. The van der Waals surface area contributed by atoms with Crippen molar-refractivity contribution in [3.8, 4) is 5.75 Å². The van der Waals surface area contributed by atoms with Gasteiger partial charge in [-0.25, -0.2) is 4.98 Å². The molecule has 0 saturated heterocycles. The second-order valence-corrected chi connectivity index (χ2v) is 9.28. The van der Waals surface area contributed by atoms with Crippen LogP contribution in [0, 0.1) is 5.92 Å². The van der Waals surface area contributed by atoms with E-state index in [0.29, 0.717) is 48.4 Å². The SMILES string of the molecule is O=C(CCCNC(=O)c1cc2cccnc2s1)c1ccc(OC2CCC(C(=O)O)CC2)cc1. The van der Waals surface area contributed by atoms with Crippen LogP contribution in [-0.2, 0) is 4.79 Å². The Morgan fingerprint density at radius 2 is 1.85 bits per heavy atom. The van der Waals surface area contributed by atoms with Crippen LogP contribution >= 0.6 is 11.3 Å². The Kier molecular flexibility index (Phi) is 7.34. The molecule has 0 unspecified atom stereocenters. The summed E-state index contributed by atoms with van der Waals surface area (Å²) < 4.78 is 5.95. The second-order valence-electron chi connectivity index (χ2n) is 8.25. The van der Waals surface area contributed by atoms with E-state index in [-0.39, 0.29) is 23.7 Å². The molecule has 172 valence electrons. The number of thiophene rings is 1. The average Bonchev–Trinajstić information content (AvgIpc) is 3.27. The average molecular weight is 467 g/mol. The molecule has 1 aromatic carbocycles. The molecule has 2 aromatic heterocycles. The predicted molar refractivity (Wildman–Crippen MR) is 126 cm³/mol. The number of carboxylic acids is 1. The van der Waals surface area contributed by atoms with Crippen LogP contribution in [0.15, 0.2) is 48.7 Å². The van der Waals surface area contributed by atoms with Crippen LogP contribution in [0.4, 0.5) is 0 Å². The summed E-state index contributed by atoms with van der Waals surface area (Å²) in [5, 5.41) is 12.9. The fourth-order valence-corrected chi connectivity index (χ4v) is 4.92. The highest BCUT2D eigenvalue weighted by Gasteiger charge is 2.26. The zero-order valence-corrected chi connectivity index (χ0v) is 19.0. The van der Waals surface area contributed by atoms with Gasteiger partial charge in [0.25, 0.3) is 5.91 Å². The number of benzene rings is 1. The summed E-state index contributed by atoms with van der Waals surface area (Å²) in [7, 11) is 0. The minimum atomic E-state index is -0.728. The summed E-state index contributed by atoms with van der Waals surface area (Å²) in [6, 6.07) is 12.7. The number of hydrogen-bond donors (Lipinski definition) is 2. The molecule has 0 bridgehead atoms. The lowest BCUT2D eigenvalue weighted by molar-refractivity contribution is -0.143. The number of carbonyl (C=O) groups excluding carboxylic acids is 2. The van der Waals surface area contributed by atoms with E-state index in [1.807, 2.05) is 18.2 Å². The largest absolute Gasteiger partial charge is 0.490 e. The maximum Gasteiger partial charge on any atom is 0.306 e. The molecule has 3 aromatic rings. The van der Waals surface area contributed by atoms with Crippen molar-refractivity contribution in [3.05, 3.63) is 59.1 Å². The molecule has 33 heavy (non-hydrogen) atoms. The number of ether oxygens (including phenoxy) is 1. The van der Waals surface area contributed by atoms with Gasteiger partial charge in [0.05, 0.1) is 16.9 Å². The third-order valence-electron chi connectivity index (χ3n) is 5.89. The predicted octanol–water partition coefficient (Wildman–Crippen LogP) is 4.71. The Morgan fingerprint density at radius 1 is 1.09 bits per heavy atom. The number of aromatic nitrogens is 1. The van der Waals surface area contributed by atoms with E-state index in [1.165, 1.54) is 11.3 Å². The lowest BCUT2D eigenvalue weighted by Crippen LogP contribution is -2.27. The van der Waals surface area contributed by atoms with Crippen LogP contribution in [0.25, 0.3) is 10.2 Å². The van der Waals surface area contributed by atoms with Crippen molar-refractivity contribution in [3.63, 3.8) is 0 Å². The van der Waals surface area contributed by atoms with E-state index >= 15 is 0 Å². The topological polar surface area (TPSA) is 106 Å². The molecule has 2 N–H and O–H groups in total. The quantitative estimate of drug-likeness (QED) is 0.349. The van der Waals surface area contributed by atoms with Crippen molar-refractivity contribution in [2.75, 3.05) is 6.54 Å². The van der Waals surface area contributed by atoms with Gasteiger partial charge in [-0.15, -0.1) is 11.3 Å². The minimum Gasteiger partial charge on any atom is -0.490 e. The first kappa shape index (κ1) is 22.9. The fourth-order valence-electron chi connectivity index (χ4n) is 4.01. The summed E-state index contributed by atoms with van der Waals surface area (Å²) in [6.45, 7) is 0.423. The standard InChI is InChI=1S/C25H26N2O5S/c28-21(4-2-13-26-23(29)22-15-18-3-1-14-27-24(18)33-22)16-5-9-19(10-6-16)32-20-11-7-17(8-12-20)25(30)31/h1,3,5-6,9-10,14-15,17,20H,2,4,7-8,11-13H2,(H,26,29)(H,30,31). The van der Waals surface area contributed by atoms with Crippen molar-refractivity contribution in [1.29, 1.82) is 0 Å². The summed E-state index contributed by atoms with van der Waals surface area (Å²) in [5.41, 5.74) is 0.610. The van der Waals surface area contributed by atoms with Gasteiger partial charge in [-0.1, -0.05) is 6.07 Å². The molecule has 7 nitrogen and oxygen atoms in total. The van der Waals surface area contributed by atoms with Gasteiger partial charge in [-0.3, -0.25) is 14.4 Å². The van der Waals surface area contributed by atoms with Crippen LogP contribution in [0.3, 0.4) is 0 Å². The first-order valence-electron chi connectivity index (χ1n) is 11.1. The van der Waals surface area contributed by atoms with Gasteiger partial charge in [0.15, 0.2) is 5.78 Å². The summed E-state index contributed by atoms with van der Waals surface area (Å²) in [6.07, 6.45) is 5.33. The number of nitrogens with one attached hydrogen (secondary N) is 1. The minimum absolute atomic E-state index is 0.0162. The highest BCUT2D eigenvalue weighted by molar-refractivity contribution is 7.20. The molecule has 2 heterocycles. The second kappa shape index (κ2) is 10.6. The molecule has 8 heteroatoms. The third-order valence-corrected chi connectivity index (χ3v) is 6.94. The van der Waals surface area contributed by atoms with Gasteiger partial charge < -0.3 is 15.2 Å². The number of nitrogens with zero attached hydrogens (tertiary/aromatic N) is 1. The van der Waals surface area contributed by atoms with E-state index in [1.54, 1.807) is 30.5 Å². The fraction of sp³-hybridized carbons (Fsp3) is 0.360. The number of rotatable bonds is 9. The molecule has 1 amide bonds. The maximum atomic E-state index is 12.5. The molecule has 0 spiro atoms. The lowest BCUT2D eigenvalue weighted by Gasteiger charge is -2.26. The normalized spacial score (nSPS) is 18.1. The van der Waals surface area contributed by atoms with Crippen molar-refractivity contribution in [2.45, 2.75) is 44.6 Å². The molecule has 1 aliphatic rings. The van der Waals surface area contributed by atoms with Crippen molar-refractivity contribution in [1.82, 2.24) is 10.3 Å². The number of carbonyl (C=O) groups is 3. The van der Waals surface area contributed by atoms with Crippen molar-refractivity contribution < 1.29 is 24.2 Å². The number of pyridine rings is 1. The number of carboxylic acid groups (broad SMARTS) is 1. The molecule has 0 radical (unpaired) electrons. The molecule has 0 atom stereocenters. The van der Waals surface area contributed by atoms with Gasteiger partial charge in [0, 0.05) is 30.1 Å². The Bertz CT molecular complexity index is 1100. The maximum absolute atomic E-state index is 12.5. The van der Waals surface area contributed by atoms with Crippen LogP contribution in [0.5, 0.6) is 5.75 Å². The van der Waals surface area contributed by atoms with Crippen LogP contribution < -0.4 is 10.1 Å². The zero-order chi connectivity index (χ0) is 23.2. The van der Waals surface area contributed by atoms with Crippen LogP contribution in [0.2, 0.25) is 0 Å². The molecule has 1 fully saturated rings. The van der Waals surface area contributed by atoms with Gasteiger partial charge in [-0.05, 0) is 68.5 Å². The van der Waals surface area contributed by atoms with Crippen molar-refractivity contribution >= 4 is 39.2 Å². The smallest absolute Gasteiger partial charge is 0.306 e. The van der Waals surface area contributed by atoms with Gasteiger partial charge >= 0.3 is 5.97 Å². The van der Waals surface area contributed by atoms with Crippen LogP contribution in [0.1, 0.15) is 58.6 Å². The summed E-state index contributed by atoms with van der Waals surface area (Å²) >= 11 is 1.35. The summed E-state index contributed by atoms with van der Waals surface area (Å²) in [4.78, 5) is 41.5. The van der Waals surface area contributed by atoms with E-state index in [0.717, 1.165) is 23.1 Å². The lowest BCUT2D eigenvalue weighted by atomic mass is 9.87.